The number of rotatable bonds is 5. The van der Waals surface area contributed by atoms with Gasteiger partial charge in [-0.2, -0.15) is 5.10 Å². The van der Waals surface area contributed by atoms with Crippen LogP contribution >= 0.6 is 11.6 Å². The predicted octanol–water partition coefficient (Wildman–Crippen LogP) is 5.72. The van der Waals surface area contributed by atoms with Crippen molar-refractivity contribution in [2.75, 3.05) is 6.61 Å². The maximum absolute atomic E-state index is 13.4. The molecular weight excluding hydrogens is 391 g/mol. The zero-order valence-electron chi connectivity index (χ0n) is 15.7. The summed E-state index contributed by atoms with van der Waals surface area (Å²) in [6.45, 7) is 2.58. The Labute approximate surface area is 172 Å². The van der Waals surface area contributed by atoms with Gasteiger partial charge in [0, 0.05) is 11.6 Å². The molecule has 0 fully saturated rings. The van der Waals surface area contributed by atoms with Gasteiger partial charge in [0.05, 0.1) is 29.3 Å². The van der Waals surface area contributed by atoms with Gasteiger partial charge in [-0.25, -0.2) is 9.18 Å². The molecule has 0 amide bonds. The van der Waals surface area contributed by atoms with E-state index in [0.29, 0.717) is 18.7 Å². The Balaban J connectivity index is 1.70. The minimum atomic E-state index is -0.440. The van der Waals surface area contributed by atoms with Crippen molar-refractivity contribution in [3.63, 3.8) is 0 Å². The molecule has 0 aliphatic rings. The second-order valence-electron chi connectivity index (χ2n) is 6.61. The molecule has 0 radical (unpaired) electrons. The van der Waals surface area contributed by atoms with Crippen LogP contribution in [0.5, 0.6) is 0 Å². The molecule has 0 unspecified atom stereocenters. The molecule has 0 bridgehead atoms. The van der Waals surface area contributed by atoms with Crippen molar-refractivity contribution in [1.29, 1.82) is 0 Å². The lowest BCUT2D eigenvalue weighted by Gasteiger charge is -2.06. The Bertz CT molecular complexity index is 1200. The minimum absolute atomic E-state index is 0.0932. The van der Waals surface area contributed by atoms with Crippen LogP contribution in [0.1, 0.15) is 22.8 Å². The van der Waals surface area contributed by atoms with Crippen LogP contribution in [0.25, 0.3) is 22.0 Å². The molecule has 0 saturated carbocycles. The van der Waals surface area contributed by atoms with Crippen LogP contribution in [0.15, 0.2) is 66.9 Å². The quantitative estimate of drug-likeness (QED) is 0.396. The fourth-order valence-electron chi connectivity index (χ4n) is 3.28. The number of esters is 1. The van der Waals surface area contributed by atoms with E-state index in [2.05, 4.69) is 5.10 Å². The summed E-state index contributed by atoms with van der Waals surface area (Å²) in [5, 5.41) is 5.67. The standard InChI is InChI=1S/C23H18ClFN2O2/c1-2-29-23(28)17-6-3-5-16(12-17)18-7-4-8-22-19(18)14-27(26-22)13-15-9-10-21(25)20(24)11-15/h3-12,14H,2,13H2,1H3. The van der Waals surface area contributed by atoms with E-state index in [1.54, 1.807) is 29.8 Å². The highest BCUT2D eigenvalue weighted by Gasteiger charge is 2.12. The SMILES string of the molecule is CCOC(=O)c1cccc(-c2cccc3nn(Cc4ccc(F)c(Cl)c4)cc23)c1. The number of carbonyl (C=O) groups excluding carboxylic acids is 1. The number of carbonyl (C=O) groups is 1. The number of ether oxygens (including phenoxy) is 1. The summed E-state index contributed by atoms with van der Waals surface area (Å²) in [6, 6.07) is 17.9. The summed E-state index contributed by atoms with van der Waals surface area (Å²) >= 11 is 5.88. The van der Waals surface area contributed by atoms with Gasteiger partial charge >= 0.3 is 5.97 Å². The van der Waals surface area contributed by atoms with Gasteiger partial charge in [0.1, 0.15) is 5.82 Å². The van der Waals surface area contributed by atoms with Crippen LogP contribution in [0, 0.1) is 5.82 Å². The molecule has 0 N–H and O–H groups in total. The van der Waals surface area contributed by atoms with Gasteiger partial charge in [-0.05, 0) is 53.9 Å². The second kappa shape index (κ2) is 8.05. The molecule has 1 aromatic heterocycles. The molecule has 0 aliphatic carbocycles. The van der Waals surface area contributed by atoms with Crippen LogP contribution in [-0.4, -0.2) is 22.4 Å². The summed E-state index contributed by atoms with van der Waals surface area (Å²) in [7, 11) is 0. The molecule has 3 aromatic carbocycles. The van der Waals surface area contributed by atoms with Crippen LogP contribution in [-0.2, 0) is 11.3 Å². The van der Waals surface area contributed by atoms with Gasteiger partial charge in [0.2, 0.25) is 0 Å². The first-order valence-corrected chi connectivity index (χ1v) is 9.60. The van der Waals surface area contributed by atoms with Crippen LogP contribution in [0.4, 0.5) is 4.39 Å². The maximum atomic E-state index is 13.4. The lowest BCUT2D eigenvalue weighted by atomic mass is 10.00. The van der Waals surface area contributed by atoms with Crippen molar-refractivity contribution in [2.45, 2.75) is 13.5 Å². The van der Waals surface area contributed by atoms with Gasteiger partial charge < -0.3 is 4.74 Å². The summed E-state index contributed by atoms with van der Waals surface area (Å²) in [5.74, 6) is -0.782. The average Bonchev–Trinajstić information content (AvgIpc) is 3.13. The fourth-order valence-corrected chi connectivity index (χ4v) is 3.48. The van der Waals surface area contributed by atoms with Crippen molar-refractivity contribution >= 4 is 28.5 Å². The van der Waals surface area contributed by atoms with Gasteiger partial charge in [0.15, 0.2) is 0 Å². The highest BCUT2D eigenvalue weighted by atomic mass is 35.5. The van der Waals surface area contributed by atoms with Crippen molar-refractivity contribution < 1.29 is 13.9 Å². The van der Waals surface area contributed by atoms with Crippen molar-refractivity contribution in [1.82, 2.24) is 9.78 Å². The van der Waals surface area contributed by atoms with Crippen molar-refractivity contribution in [3.8, 4) is 11.1 Å². The topological polar surface area (TPSA) is 44.1 Å². The highest BCUT2D eigenvalue weighted by Crippen LogP contribution is 2.29. The molecule has 146 valence electrons. The largest absolute Gasteiger partial charge is 0.462 e. The minimum Gasteiger partial charge on any atom is -0.462 e. The third kappa shape index (κ3) is 4.00. The number of nitrogens with zero attached hydrogens (tertiary/aromatic N) is 2. The van der Waals surface area contributed by atoms with E-state index in [0.717, 1.165) is 27.6 Å². The van der Waals surface area contributed by atoms with Gasteiger partial charge in [-0.3, -0.25) is 4.68 Å². The zero-order valence-corrected chi connectivity index (χ0v) is 16.5. The normalized spacial score (nSPS) is 11.0. The summed E-state index contributed by atoms with van der Waals surface area (Å²) in [4.78, 5) is 12.1. The third-order valence-corrected chi connectivity index (χ3v) is 4.90. The number of benzene rings is 3. The Morgan fingerprint density at radius 1 is 1.14 bits per heavy atom. The van der Waals surface area contributed by atoms with Crippen molar-refractivity contribution in [2.24, 2.45) is 0 Å². The first-order chi connectivity index (χ1) is 14.0. The first kappa shape index (κ1) is 19.2. The molecule has 29 heavy (non-hydrogen) atoms. The van der Waals surface area contributed by atoms with Gasteiger partial charge in [-0.15, -0.1) is 0 Å². The summed E-state index contributed by atoms with van der Waals surface area (Å²) in [5.41, 5.74) is 4.07. The van der Waals surface area contributed by atoms with Crippen LogP contribution in [0.2, 0.25) is 5.02 Å². The average molecular weight is 409 g/mol. The van der Waals surface area contributed by atoms with E-state index in [1.807, 2.05) is 42.6 Å². The Hall–Kier alpha value is -3.18. The third-order valence-electron chi connectivity index (χ3n) is 4.61. The van der Waals surface area contributed by atoms with E-state index in [9.17, 15) is 9.18 Å². The molecule has 0 spiro atoms. The zero-order chi connectivity index (χ0) is 20.4. The molecule has 0 atom stereocenters. The number of hydrogen-bond donors (Lipinski definition) is 0. The number of fused-ring (bicyclic) bond motifs is 1. The Kier molecular flexibility index (Phi) is 5.32. The van der Waals surface area contributed by atoms with Crippen molar-refractivity contribution in [3.05, 3.63) is 88.8 Å². The number of aromatic nitrogens is 2. The van der Waals surface area contributed by atoms with Crippen LogP contribution < -0.4 is 0 Å². The van der Waals surface area contributed by atoms with E-state index in [4.69, 9.17) is 16.3 Å². The highest BCUT2D eigenvalue weighted by molar-refractivity contribution is 6.30. The van der Waals surface area contributed by atoms with E-state index >= 15 is 0 Å². The summed E-state index contributed by atoms with van der Waals surface area (Å²) < 4.78 is 20.3. The molecule has 0 aliphatic heterocycles. The Morgan fingerprint density at radius 2 is 1.97 bits per heavy atom. The lowest BCUT2D eigenvalue weighted by Crippen LogP contribution is -2.04. The molecule has 1 heterocycles. The summed E-state index contributed by atoms with van der Waals surface area (Å²) in [6.07, 6.45) is 1.94. The number of hydrogen-bond acceptors (Lipinski definition) is 3. The van der Waals surface area contributed by atoms with Crippen LogP contribution in [0.3, 0.4) is 0 Å². The second-order valence-corrected chi connectivity index (χ2v) is 7.02. The lowest BCUT2D eigenvalue weighted by molar-refractivity contribution is 0.0526. The van der Waals surface area contributed by atoms with Gasteiger partial charge in [0.25, 0.3) is 0 Å². The molecule has 0 saturated heterocycles. The number of halogens is 2. The predicted molar refractivity (Wildman–Crippen MR) is 112 cm³/mol. The smallest absolute Gasteiger partial charge is 0.338 e. The Morgan fingerprint density at radius 3 is 2.76 bits per heavy atom. The van der Waals surface area contributed by atoms with Gasteiger partial charge in [-0.1, -0.05) is 41.9 Å². The molecule has 4 aromatic rings. The van der Waals surface area contributed by atoms with E-state index in [1.165, 1.54) is 6.07 Å². The fraction of sp³-hybridized carbons (Fsp3) is 0.130. The molecular formula is C23H18ClFN2O2. The molecule has 4 rings (SSSR count). The first-order valence-electron chi connectivity index (χ1n) is 9.23. The molecule has 4 nitrogen and oxygen atoms in total. The van der Waals surface area contributed by atoms with E-state index < -0.39 is 5.82 Å². The van der Waals surface area contributed by atoms with E-state index in [-0.39, 0.29) is 11.0 Å². The monoisotopic (exact) mass is 408 g/mol. The maximum Gasteiger partial charge on any atom is 0.338 e. The molecule has 6 heteroatoms.